The quantitative estimate of drug-likeness (QED) is 0.682. The van der Waals surface area contributed by atoms with Gasteiger partial charge in [-0.2, -0.15) is 0 Å². The first kappa shape index (κ1) is 25.5. The zero-order chi connectivity index (χ0) is 24.0. The van der Waals surface area contributed by atoms with Crippen LogP contribution in [-0.2, 0) is 4.79 Å². The topological polar surface area (TPSA) is 59.1 Å². The molecule has 2 amide bonds. The summed E-state index contributed by atoms with van der Waals surface area (Å²) < 4.78 is 0. The summed E-state index contributed by atoms with van der Waals surface area (Å²) in [5.74, 6) is 0.249. The molecule has 0 atom stereocenters. The molecule has 1 N–H and O–H groups in total. The summed E-state index contributed by atoms with van der Waals surface area (Å²) in [4.78, 5) is 34.8. The van der Waals surface area contributed by atoms with Gasteiger partial charge >= 0.3 is 0 Å². The number of carbonyl (C=O) groups excluding carboxylic acids is 2. The molecule has 0 aromatic heterocycles. The van der Waals surface area contributed by atoms with Crippen molar-refractivity contribution in [3.8, 4) is 0 Å². The van der Waals surface area contributed by atoms with E-state index in [1.807, 2.05) is 43.9 Å². The van der Waals surface area contributed by atoms with E-state index < -0.39 is 0 Å². The normalized spacial score (nSPS) is 18.6. The summed E-state index contributed by atoms with van der Waals surface area (Å²) in [6.07, 6.45) is 2.96. The zero-order valence-electron chi connectivity index (χ0n) is 21.3. The SMILES string of the molecule is CN(C)CCCN1CCN(C(=O)c2ccccc2N2CCC(NC(=O)C(C)(C)C)CC2)CC1. The fraction of sp³-hybridized carbons (Fsp3) is 0.692. The molecule has 0 unspecified atom stereocenters. The minimum atomic E-state index is -0.369. The Labute approximate surface area is 200 Å². The highest BCUT2D eigenvalue weighted by Crippen LogP contribution is 2.26. The Morgan fingerprint density at radius 3 is 2.24 bits per heavy atom. The molecule has 1 aromatic carbocycles. The van der Waals surface area contributed by atoms with Crippen LogP contribution in [0.5, 0.6) is 0 Å². The zero-order valence-corrected chi connectivity index (χ0v) is 21.3. The van der Waals surface area contributed by atoms with Gasteiger partial charge in [0.25, 0.3) is 5.91 Å². The van der Waals surface area contributed by atoms with Crippen molar-refractivity contribution in [2.45, 2.75) is 46.1 Å². The number of rotatable bonds is 7. The summed E-state index contributed by atoms with van der Waals surface area (Å²) in [6, 6.07) is 8.22. The Bertz CT molecular complexity index is 788. The van der Waals surface area contributed by atoms with Crippen LogP contribution < -0.4 is 10.2 Å². The molecule has 3 rings (SSSR count). The second-order valence-electron chi connectivity index (χ2n) is 10.8. The van der Waals surface area contributed by atoms with E-state index in [4.69, 9.17) is 0 Å². The summed E-state index contributed by atoms with van der Waals surface area (Å²) in [5.41, 5.74) is 1.46. The van der Waals surface area contributed by atoms with Gasteiger partial charge in [0.2, 0.25) is 5.91 Å². The molecule has 1 aromatic rings. The van der Waals surface area contributed by atoms with E-state index in [0.717, 1.165) is 82.9 Å². The number of piperazine rings is 1. The number of hydrogen-bond acceptors (Lipinski definition) is 5. The molecule has 7 heteroatoms. The Balaban J connectivity index is 1.54. The summed E-state index contributed by atoms with van der Waals surface area (Å²) >= 11 is 0. The van der Waals surface area contributed by atoms with Crippen molar-refractivity contribution >= 4 is 17.5 Å². The van der Waals surface area contributed by atoms with Crippen LogP contribution in [0.15, 0.2) is 24.3 Å². The number of nitrogens with one attached hydrogen (secondary N) is 1. The van der Waals surface area contributed by atoms with Crippen LogP contribution in [0.1, 0.15) is 50.4 Å². The van der Waals surface area contributed by atoms with Crippen molar-refractivity contribution in [1.29, 1.82) is 0 Å². The third-order valence-corrected chi connectivity index (χ3v) is 6.73. The number of piperidine rings is 1. The standard InChI is InChI=1S/C26H43N5O2/c1-26(2,3)25(33)27-21-11-15-30(16-12-21)23-10-7-6-9-22(23)24(32)31-19-17-29(18-20-31)14-8-13-28(4)5/h6-7,9-10,21H,8,11-20H2,1-5H3,(H,27,33). The van der Waals surface area contributed by atoms with E-state index in [9.17, 15) is 9.59 Å². The number of benzene rings is 1. The second kappa shape index (κ2) is 11.3. The molecule has 33 heavy (non-hydrogen) atoms. The van der Waals surface area contributed by atoms with Gasteiger partial charge < -0.3 is 20.0 Å². The molecule has 0 aliphatic carbocycles. The van der Waals surface area contributed by atoms with Gasteiger partial charge in [0, 0.05) is 56.4 Å². The lowest BCUT2D eigenvalue weighted by atomic mass is 9.94. The molecular formula is C26H43N5O2. The summed E-state index contributed by atoms with van der Waals surface area (Å²) in [7, 11) is 4.22. The fourth-order valence-electron chi connectivity index (χ4n) is 4.55. The van der Waals surface area contributed by atoms with Crippen molar-refractivity contribution in [2.24, 2.45) is 5.41 Å². The van der Waals surface area contributed by atoms with Gasteiger partial charge in [-0.15, -0.1) is 0 Å². The number of nitrogens with zero attached hydrogens (tertiary/aromatic N) is 4. The first-order valence-corrected chi connectivity index (χ1v) is 12.5. The van der Waals surface area contributed by atoms with Crippen LogP contribution in [0, 0.1) is 5.41 Å². The largest absolute Gasteiger partial charge is 0.371 e. The predicted octanol–water partition coefficient (Wildman–Crippen LogP) is 2.53. The Morgan fingerprint density at radius 2 is 1.64 bits per heavy atom. The molecule has 0 saturated carbocycles. The van der Waals surface area contributed by atoms with Crippen molar-refractivity contribution in [2.75, 3.05) is 71.4 Å². The van der Waals surface area contributed by atoms with E-state index in [2.05, 4.69) is 40.2 Å². The Hall–Kier alpha value is -2.12. The highest BCUT2D eigenvalue weighted by atomic mass is 16.2. The predicted molar refractivity (Wildman–Crippen MR) is 135 cm³/mol. The summed E-state index contributed by atoms with van der Waals surface area (Å²) in [6.45, 7) is 13.2. The third-order valence-electron chi connectivity index (χ3n) is 6.73. The molecule has 2 saturated heterocycles. The maximum atomic E-state index is 13.4. The van der Waals surface area contributed by atoms with Gasteiger partial charge in [-0.05, 0) is 58.6 Å². The number of para-hydroxylation sites is 1. The molecule has 0 bridgehead atoms. The maximum Gasteiger partial charge on any atom is 0.256 e. The summed E-state index contributed by atoms with van der Waals surface area (Å²) in [5, 5.41) is 3.20. The van der Waals surface area contributed by atoms with Crippen LogP contribution in [0.3, 0.4) is 0 Å². The van der Waals surface area contributed by atoms with E-state index in [1.165, 1.54) is 0 Å². The lowest BCUT2D eigenvalue weighted by Gasteiger charge is -2.38. The molecule has 2 fully saturated rings. The molecule has 2 aliphatic heterocycles. The molecule has 184 valence electrons. The third kappa shape index (κ3) is 7.18. The highest BCUT2D eigenvalue weighted by molar-refractivity contribution is 6.00. The van der Waals surface area contributed by atoms with Gasteiger partial charge in [-0.1, -0.05) is 32.9 Å². The van der Waals surface area contributed by atoms with Gasteiger partial charge in [0.1, 0.15) is 0 Å². The fourth-order valence-corrected chi connectivity index (χ4v) is 4.55. The average Bonchev–Trinajstić information content (AvgIpc) is 2.79. The van der Waals surface area contributed by atoms with Crippen molar-refractivity contribution in [1.82, 2.24) is 20.0 Å². The smallest absolute Gasteiger partial charge is 0.256 e. The first-order valence-electron chi connectivity index (χ1n) is 12.5. The van der Waals surface area contributed by atoms with Crippen molar-refractivity contribution in [3.63, 3.8) is 0 Å². The molecular weight excluding hydrogens is 414 g/mol. The monoisotopic (exact) mass is 457 g/mol. The lowest BCUT2D eigenvalue weighted by Crippen LogP contribution is -2.50. The van der Waals surface area contributed by atoms with Gasteiger partial charge in [0.15, 0.2) is 0 Å². The minimum absolute atomic E-state index is 0.109. The Kier molecular flexibility index (Phi) is 8.76. The molecule has 2 heterocycles. The molecule has 7 nitrogen and oxygen atoms in total. The molecule has 2 aliphatic rings. The van der Waals surface area contributed by atoms with Crippen LogP contribution in [-0.4, -0.2) is 99.0 Å². The van der Waals surface area contributed by atoms with Crippen LogP contribution in [0.4, 0.5) is 5.69 Å². The van der Waals surface area contributed by atoms with E-state index in [0.29, 0.717) is 0 Å². The first-order chi connectivity index (χ1) is 15.6. The van der Waals surface area contributed by atoms with Crippen LogP contribution in [0.25, 0.3) is 0 Å². The van der Waals surface area contributed by atoms with Crippen molar-refractivity contribution in [3.05, 3.63) is 29.8 Å². The van der Waals surface area contributed by atoms with Crippen LogP contribution in [0.2, 0.25) is 0 Å². The highest BCUT2D eigenvalue weighted by Gasteiger charge is 2.29. The van der Waals surface area contributed by atoms with Crippen molar-refractivity contribution < 1.29 is 9.59 Å². The van der Waals surface area contributed by atoms with E-state index >= 15 is 0 Å². The van der Waals surface area contributed by atoms with E-state index in [1.54, 1.807) is 0 Å². The minimum Gasteiger partial charge on any atom is -0.371 e. The number of amides is 2. The maximum absolute atomic E-state index is 13.4. The van der Waals surface area contributed by atoms with Gasteiger partial charge in [-0.25, -0.2) is 0 Å². The molecule has 0 spiro atoms. The Morgan fingerprint density at radius 1 is 1.00 bits per heavy atom. The number of carbonyl (C=O) groups is 2. The lowest BCUT2D eigenvalue weighted by molar-refractivity contribution is -0.129. The average molecular weight is 458 g/mol. The van der Waals surface area contributed by atoms with E-state index in [-0.39, 0.29) is 23.3 Å². The second-order valence-corrected chi connectivity index (χ2v) is 10.8. The van der Waals surface area contributed by atoms with Gasteiger partial charge in [0.05, 0.1) is 5.56 Å². The number of hydrogen-bond donors (Lipinski definition) is 1. The van der Waals surface area contributed by atoms with Gasteiger partial charge in [-0.3, -0.25) is 14.5 Å². The van der Waals surface area contributed by atoms with Crippen LogP contribution >= 0.6 is 0 Å². The molecule has 0 radical (unpaired) electrons. The number of anilines is 1.